The zero-order chi connectivity index (χ0) is 14.5. The Morgan fingerprint density at radius 3 is 2.80 bits per heavy atom. The number of benzene rings is 1. The lowest BCUT2D eigenvalue weighted by molar-refractivity contribution is -0.116. The first-order chi connectivity index (χ1) is 9.52. The van der Waals surface area contributed by atoms with Crippen molar-refractivity contribution in [3.63, 3.8) is 0 Å². The smallest absolute Gasteiger partial charge is 0.230 e. The topological polar surface area (TPSA) is 71.1 Å². The van der Waals surface area contributed by atoms with E-state index in [9.17, 15) is 9.59 Å². The predicted molar refractivity (Wildman–Crippen MR) is 79.9 cm³/mol. The average molecular weight is 289 g/mol. The summed E-state index contributed by atoms with van der Waals surface area (Å²) in [5.41, 5.74) is 2.50. The van der Waals surface area contributed by atoms with Crippen LogP contribution in [0.4, 0.5) is 10.8 Å². The summed E-state index contributed by atoms with van der Waals surface area (Å²) in [7, 11) is 0. The van der Waals surface area contributed by atoms with Crippen LogP contribution in [0.3, 0.4) is 0 Å². The van der Waals surface area contributed by atoms with Crippen molar-refractivity contribution in [2.24, 2.45) is 0 Å². The Bertz CT molecular complexity index is 637. The summed E-state index contributed by atoms with van der Waals surface area (Å²) >= 11 is 1.31. The number of rotatable bonds is 4. The van der Waals surface area contributed by atoms with Crippen molar-refractivity contribution in [1.82, 2.24) is 4.98 Å². The van der Waals surface area contributed by atoms with Gasteiger partial charge in [-0.25, -0.2) is 4.98 Å². The highest BCUT2D eigenvalue weighted by Crippen LogP contribution is 2.16. The number of amides is 2. The molecule has 5 nitrogen and oxygen atoms in total. The summed E-state index contributed by atoms with van der Waals surface area (Å²) in [5.74, 6) is -0.301. The van der Waals surface area contributed by atoms with Gasteiger partial charge in [0, 0.05) is 18.0 Å². The zero-order valence-electron chi connectivity index (χ0n) is 11.3. The fourth-order valence-electron chi connectivity index (χ4n) is 1.69. The van der Waals surface area contributed by atoms with E-state index in [2.05, 4.69) is 15.6 Å². The molecular weight excluding hydrogens is 274 g/mol. The normalized spacial score (nSPS) is 10.1. The summed E-state index contributed by atoms with van der Waals surface area (Å²) in [5, 5.41) is 7.69. The maximum absolute atomic E-state index is 11.9. The minimum absolute atomic E-state index is 0.129. The minimum Gasteiger partial charge on any atom is -0.326 e. The number of thiazole rings is 1. The maximum atomic E-state index is 11.9. The first kappa shape index (κ1) is 14.2. The molecule has 104 valence electrons. The molecule has 0 aliphatic carbocycles. The highest BCUT2D eigenvalue weighted by atomic mass is 32.1. The Balaban J connectivity index is 1.94. The highest BCUT2D eigenvalue weighted by molar-refractivity contribution is 7.13. The Morgan fingerprint density at radius 1 is 1.30 bits per heavy atom. The predicted octanol–water partition coefficient (Wildman–Crippen LogP) is 2.59. The third kappa shape index (κ3) is 4.17. The number of carbonyl (C=O) groups is 2. The number of hydrogen-bond donors (Lipinski definition) is 2. The number of carbonyl (C=O) groups excluding carboxylic acids is 2. The first-order valence-electron chi connectivity index (χ1n) is 6.11. The van der Waals surface area contributed by atoms with Crippen LogP contribution in [-0.4, -0.2) is 16.8 Å². The fraction of sp³-hybridized carbons (Fsp3) is 0.214. The van der Waals surface area contributed by atoms with E-state index < -0.39 is 0 Å². The van der Waals surface area contributed by atoms with Gasteiger partial charge in [-0.2, -0.15) is 0 Å². The lowest BCUT2D eigenvalue weighted by Gasteiger charge is -2.04. The van der Waals surface area contributed by atoms with Gasteiger partial charge in [-0.15, -0.1) is 11.3 Å². The molecule has 1 aromatic heterocycles. The molecule has 2 N–H and O–H groups in total. The second kappa shape index (κ2) is 6.29. The van der Waals surface area contributed by atoms with Gasteiger partial charge in [0.15, 0.2) is 5.13 Å². The van der Waals surface area contributed by atoms with Gasteiger partial charge in [0.2, 0.25) is 11.8 Å². The van der Waals surface area contributed by atoms with Crippen molar-refractivity contribution in [1.29, 1.82) is 0 Å². The van der Waals surface area contributed by atoms with E-state index >= 15 is 0 Å². The molecule has 0 spiro atoms. The summed E-state index contributed by atoms with van der Waals surface area (Å²) in [6.07, 6.45) is 0.185. The highest BCUT2D eigenvalue weighted by Gasteiger charge is 2.08. The molecule has 0 aliphatic rings. The standard InChI is InChI=1S/C14H15N3O2S/c1-9-4-3-5-11(6-9)16-13(19)7-12-8-20-14(17-12)15-10(2)18/h3-6,8H,7H2,1-2H3,(H,16,19)(H,15,17,18). The molecule has 0 fully saturated rings. The number of nitrogens with zero attached hydrogens (tertiary/aromatic N) is 1. The van der Waals surface area contributed by atoms with Crippen molar-refractivity contribution in [2.45, 2.75) is 20.3 Å². The van der Waals surface area contributed by atoms with Crippen LogP contribution < -0.4 is 10.6 Å². The quantitative estimate of drug-likeness (QED) is 0.908. The molecule has 20 heavy (non-hydrogen) atoms. The van der Waals surface area contributed by atoms with E-state index in [0.717, 1.165) is 11.3 Å². The number of hydrogen-bond acceptors (Lipinski definition) is 4. The molecule has 0 saturated heterocycles. The number of aryl methyl sites for hydroxylation is 1. The second-order valence-corrected chi connectivity index (χ2v) is 5.28. The van der Waals surface area contributed by atoms with Crippen LogP contribution in [0.2, 0.25) is 0 Å². The van der Waals surface area contributed by atoms with Crippen LogP contribution in [0, 0.1) is 6.92 Å². The average Bonchev–Trinajstić information content (AvgIpc) is 2.75. The van der Waals surface area contributed by atoms with Crippen molar-refractivity contribution >= 4 is 34.0 Å². The first-order valence-corrected chi connectivity index (χ1v) is 6.99. The van der Waals surface area contributed by atoms with Gasteiger partial charge in [-0.3, -0.25) is 9.59 Å². The maximum Gasteiger partial charge on any atom is 0.230 e. The van der Waals surface area contributed by atoms with E-state index in [1.165, 1.54) is 18.3 Å². The summed E-state index contributed by atoms with van der Waals surface area (Å²) in [6.45, 7) is 3.39. The molecule has 1 heterocycles. The molecule has 0 aliphatic heterocycles. The third-order valence-corrected chi connectivity index (χ3v) is 3.28. The number of nitrogens with one attached hydrogen (secondary N) is 2. The summed E-state index contributed by atoms with van der Waals surface area (Å²) < 4.78 is 0. The van der Waals surface area contributed by atoms with Crippen LogP contribution in [-0.2, 0) is 16.0 Å². The van der Waals surface area contributed by atoms with Crippen LogP contribution in [0.15, 0.2) is 29.6 Å². The van der Waals surface area contributed by atoms with Gasteiger partial charge >= 0.3 is 0 Å². The zero-order valence-corrected chi connectivity index (χ0v) is 12.1. The lowest BCUT2D eigenvalue weighted by atomic mass is 10.2. The van der Waals surface area contributed by atoms with Gasteiger partial charge in [0.25, 0.3) is 0 Å². The Labute approximate surface area is 121 Å². The van der Waals surface area contributed by atoms with E-state index in [1.807, 2.05) is 31.2 Å². The Hall–Kier alpha value is -2.21. The molecule has 6 heteroatoms. The van der Waals surface area contributed by atoms with E-state index in [1.54, 1.807) is 5.38 Å². The molecule has 2 aromatic rings. The van der Waals surface area contributed by atoms with E-state index in [-0.39, 0.29) is 18.2 Å². The summed E-state index contributed by atoms with van der Waals surface area (Å²) in [4.78, 5) is 27.0. The van der Waals surface area contributed by atoms with Gasteiger partial charge in [-0.05, 0) is 24.6 Å². The van der Waals surface area contributed by atoms with Gasteiger partial charge in [-0.1, -0.05) is 12.1 Å². The molecule has 0 radical (unpaired) electrons. The Kier molecular flexibility index (Phi) is 4.47. The SMILES string of the molecule is CC(=O)Nc1nc(CC(=O)Nc2cccc(C)c2)cs1. The van der Waals surface area contributed by atoms with Gasteiger partial charge in [0.05, 0.1) is 12.1 Å². The third-order valence-electron chi connectivity index (χ3n) is 2.48. The summed E-state index contributed by atoms with van der Waals surface area (Å²) in [6, 6.07) is 7.61. The van der Waals surface area contributed by atoms with E-state index in [4.69, 9.17) is 0 Å². The molecule has 0 saturated carbocycles. The van der Waals surface area contributed by atoms with Gasteiger partial charge in [0.1, 0.15) is 0 Å². The second-order valence-electron chi connectivity index (χ2n) is 4.42. The molecule has 2 rings (SSSR count). The minimum atomic E-state index is -0.171. The fourth-order valence-corrected chi connectivity index (χ4v) is 2.44. The largest absolute Gasteiger partial charge is 0.326 e. The van der Waals surface area contributed by atoms with Crippen molar-refractivity contribution in [2.75, 3.05) is 10.6 Å². The molecule has 0 unspecified atom stereocenters. The molecule has 2 amide bonds. The van der Waals surface area contributed by atoms with Crippen LogP contribution in [0.1, 0.15) is 18.2 Å². The molecule has 0 atom stereocenters. The van der Waals surface area contributed by atoms with Crippen molar-refractivity contribution in [3.8, 4) is 0 Å². The number of aromatic nitrogens is 1. The Morgan fingerprint density at radius 2 is 2.10 bits per heavy atom. The molecule has 1 aromatic carbocycles. The van der Waals surface area contributed by atoms with Crippen molar-refractivity contribution in [3.05, 3.63) is 40.9 Å². The monoisotopic (exact) mass is 289 g/mol. The van der Waals surface area contributed by atoms with E-state index in [0.29, 0.717) is 10.8 Å². The van der Waals surface area contributed by atoms with Crippen LogP contribution in [0.25, 0.3) is 0 Å². The molecular formula is C14H15N3O2S. The molecule has 0 bridgehead atoms. The lowest BCUT2D eigenvalue weighted by Crippen LogP contribution is -2.14. The van der Waals surface area contributed by atoms with Crippen molar-refractivity contribution < 1.29 is 9.59 Å². The van der Waals surface area contributed by atoms with Crippen LogP contribution >= 0.6 is 11.3 Å². The number of anilines is 2. The van der Waals surface area contributed by atoms with Crippen LogP contribution in [0.5, 0.6) is 0 Å². The van der Waals surface area contributed by atoms with Gasteiger partial charge < -0.3 is 10.6 Å².